The Morgan fingerprint density at radius 3 is 2.79 bits per heavy atom. The van der Waals surface area contributed by atoms with Gasteiger partial charge in [-0.3, -0.25) is 20.3 Å². The summed E-state index contributed by atoms with van der Waals surface area (Å²) >= 11 is 6.50. The molecule has 0 aliphatic carbocycles. The third-order valence-electron chi connectivity index (χ3n) is 7.47. The predicted octanol–water partition coefficient (Wildman–Crippen LogP) is 4.03. The number of halogens is 1. The maximum absolute atomic E-state index is 13.2. The Morgan fingerprint density at radius 2 is 2.02 bits per heavy atom. The smallest absolute Gasteiger partial charge is 0.330 e. The van der Waals surface area contributed by atoms with E-state index in [2.05, 4.69) is 39.7 Å². The van der Waals surface area contributed by atoms with Gasteiger partial charge in [0.15, 0.2) is 11.6 Å². The number of benzene rings is 1. The number of fused-ring (bicyclic) bond motifs is 1. The average molecular weight is 604 g/mol. The standard InChI is InChI=1S/C29H38ClN5O7/c1-28(2)8-9-31-21-17-20(30)23(16-19(21)28)42-26-7-6-22(41-26)27(36)34-29(38-4)32-24(37-3)18-25(33-29)40-13-5-10-35-11-14-39-15-12-35/h6-7,16-18,31-32H,5,8-15H2,1-4H3,(H,34,36). The topological polar surface area (TPSA) is 128 Å². The number of carbonyl (C=O) groups is 1. The van der Waals surface area contributed by atoms with Crippen LogP contribution in [-0.4, -0.2) is 82.9 Å². The Balaban J connectivity index is 1.24. The molecule has 0 bridgehead atoms. The van der Waals surface area contributed by atoms with Gasteiger partial charge in [0.1, 0.15) is 5.75 Å². The van der Waals surface area contributed by atoms with Crippen molar-refractivity contribution >= 4 is 29.1 Å². The molecule has 5 rings (SSSR count). The highest BCUT2D eigenvalue weighted by atomic mass is 35.5. The van der Waals surface area contributed by atoms with Gasteiger partial charge in [0, 0.05) is 45.0 Å². The summed E-state index contributed by atoms with van der Waals surface area (Å²) < 4.78 is 33.9. The van der Waals surface area contributed by atoms with Crippen molar-refractivity contribution in [1.82, 2.24) is 15.5 Å². The molecule has 1 aromatic carbocycles. The van der Waals surface area contributed by atoms with Crippen LogP contribution in [0.5, 0.6) is 11.7 Å². The van der Waals surface area contributed by atoms with Gasteiger partial charge in [-0.2, -0.15) is 4.99 Å². The summed E-state index contributed by atoms with van der Waals surface area (Å²) in [7, 11) is 2.89. The second-order valence-electron chi connectivity index (χ2n) is 10.9. The summed E-state index contributed by atoms with van der Waals surface area (Å²) in [5.41, 5.74) is 2.04. The molecule has 2 aromatic rings. The lowest BCUT2D eigenvalue weighted by Crippen LogP contribution is -2.60. The number of morpholine rings is 1. The van der Waals surface area contributed by atoms with E-state index < -0.39 is 11.9 Å². The van der Waals surface area contributed by atoms with Crippen molar-refractivity contribution in [3.05, 3.63) is 52.6 Å². The molecule has 3 aliphatic rings. The van der Waals surface area contributed by atoms with Crippen molar-refractivity contribution in [1.29, 1.82) is 0 Å². The molecule has 1 unspecified atom stereocenters. The third kappa shape index (κ3) is 6.95. The Kier molecular flexibility index (Phi) is 9.16. The summed E-state index contributed by atoms with van der Waals surface area (Å²) in [6, 6.07) is 6.80. The molecule has 3 aliphatic heterocycles. The molecule has 0 radical (unpaired) electrons. The lowest BCUT2D eigenvalue weighted by molar-refractivity contribution is -0.0601. The third-order valence-corrected chi connectivity index (χ3v) is 7.76. The molecule has 4 heterocycles. The van der Waals surface area contributed by atoms with Crippen molar-refractivity contribution in [3.63, 3.8) is 0 Å². The zero-order valence-corrected chi connectivity index (χ0v) is 25.1. The maximum Gasteiger partial charge on any atom is 0.330 e. The normalized spacial score (nSPS) is 21.6. The van der Waals surface area contributed by atoms with Crippen molar-refractivity contribution in [2.75, 3.05) is 65.5 Å². The van der Waals surface area contributed by atoms with Gasteiger partial charge in [0.05, 0.1) is 38.0 Å². The van der Waals surface area contributed by atoms with Crippen LogP contribution < -0.4 is 20.7 Å². The van der Waals surface area contributed by atoms with E-state index in [9.17, 15) is 4.79 Å². The fourth-order valence-corrected chi connectivity index (χ4v) is 5.22. The number of furan rings is 1. The molecule has 1 atom stereocenters. The molecule has 228 valence electrons. The quantitative estimate of drug-likeness (QED) is 0.270. The summed E-state index contributed by atoms with van der Waals surface area (Å²) in [6.07, 6.45) is 3.37. The van der Waals surface area contributed by atoms with Crippen LogP contribution in [0.2, 0.25) is 5.02 Å². The first kappa shape index (κ1) is 30.0. The highest BCUT2D eigenvalue weighted by Crippen LogP contribution is 2.43. The first-order valence-electron chi connectivity index (χ1n) is 14.0. The van der Waals surface area contributed by atoms with E-state index in [1.54, 1.807) is 12.1 Å². The largest absolute Gasteiger partial charge is 0.482 e. The number of amides is 1. The summed E-state index contributed by atoms with van der Waals surface area (Å²) in [5.74, 6) is -1.21. The number of anilines is 1. The SMILES string of the molecule is COC1=CC(OCCCN2CCOCC2)=NC(NC(=O)c2ccc(Oc3cc4c(cc3Cl)NCCC4(C)C)o2)(OC)N1. The van der Waals surface area contributed by atoms with Gasteiger partial charge >= 0.3 is 5.97 Å². The number of nitrogens with one attached hydrogen (secondary N) is 3. The minimum absolute atomic E-state index is 0.0176. The zero-order chi connectivity index (χ0) is 29.7. The van der Waals surface area contributed by atoms with Crippen LogP contribution in [0, 0.1) is 0 Å². The van der Waals surface area contributed by atoms with Gasteiger partial charge in [0.2, 0.25) is 5.90 Å². The second-order valence-corrected chi connectivity index (χ2v) is 11.3. The molecule has 12 nitrogen and oxygen atoms in total. The molecule has 1 saturated heterocycles. The zero-order valence-electron chi connectivity index (χ0n) is 24.4. The van der Waals surface area contributed by atoms with Gasteiger partial charge in [-0.1, -0.05) is 25.4 Å². The highest BCUT2D eigenvalue weighted by molar-refractivity contribution is 6.32. The highest BCUT2D eigenvalue weighted by Gasteiger charge is 2.38. The van der Waals surface area contributed by atoms with E-state index in [1.165, 1.54) is 20.3 Å². The molecule has 13 heteroatoms. The first-order chi connectivity index (χ1) is 20.2. The molecular weight excluding hydrogens is 566 g/mol. The Labute approximate surface area is 250 Å². The van der Waals surface area contributed by atoms with Gasteiger partial charge in [-0.25, -0.2) is 0 Å². The van der Waals surface area contributed by atoms with E-state index >= 15 is 0 Å². The first-order valence-corrected chi connectivity index (χ1v) is 14.4. The van der Waals surface area contributed by atoms with E-state index in [-0.39, 0.29) is 23.0 Å². The second kappa shape index (κ2) is 12.8. The monoisotopic (exact) mass is 603 g/mol. The Bertz CT molecular complexity index is 1340. The maximum atomic E-state index is 13.2. The van der Waals surface area contributed by atoms with Crippen molar-refractivity contribution in [3.8, 4) is 11.7 Å². The number of hydrogen-bond acceptors (Lipinski definition) is 11. The number of ether oxygens (including phenoxy) is 5. The fourth-order valence-electron chi connectivity index (χ4n) is 5.01. The van der Waals surface area contributed by atoms with Crippen molar-refractivity contribution in [2.45, 2.75) is 38.1 Å². The average Bonchev–Trinajstić information content (AvgIpc) is 3.45. The number of carbonyl (C=O) groups excluding carboxylic acids is 1. The fraction of sp³-hybridized carbons (Fsp3) is 0.517. The molecule has 3 N–H and O–H groups in total. The minimum Gasteiger partial charge on any atom is -0.482 e. The lowest BCUT2D eigenvalue weighted by atomic mass is 9.78. The van der Waals surface area contributed by atoms with Crippen molar-refractivity contribution in [2.24, 2.45) is 4.99 Å². The van der Waals surface area contributed by atoms with E-state index in [0.29, 0.717) is 23.3 Å². The number of rotatable bonds is 10. The number of aliphatic imine (C=N–C) groups is 1. The number of nitrogens with zero attached hydrogens (tertiary/aromatic N) is 2. The van der Waals surface area contributed by atoms with Crippen LogP contribution in [0.3, 0.4) is 0 Å². The Morgan fingerprint density at radius 1 is 1.21 bits per heavy atom. The lowest BCUT2D eigenvalue weighted by Gasteiger charge is -2.33. The molecule has 1 fully saturated rings. The van der Waals surface area contributed by atoms with E-state index in [1.807, 2.05) is 12.1 Å². The van der Waals surface area contributed by atoms with Crippen LogP contribution in [-0.2, 0) is 24.4 Å². The van der Waals surface area contributed by atoms with Gasteiger partial charge in [-0.15, -0.1) is 0 Å². The van der Waals surface area contributed by atoms with E-state index in [0.717, 1.165) is 63.5 Å². The molecule has 0 saturated carbocycles. The van der Waals surface area contributed by atoms with Crippen LogP contribution in [0.4, 0.5) is 5.69 Å². The summed E-state index contributed by atoms with van der Waals surface area (Å²) in [5, 5.41) is 9.45. The molecule has 1 amide bonds. The van der Waals surface area contributed by atoms with Crippen LogP contribution >= 0.6 is 11.6 Å². The van der Waals surface area contributed by atoms with Crippen LogP contribution in [0.1, 0.15) is 42.8 Å². The molecule has 42 heavy (non-hydrogen) atoms. The van der Waals surface area contributed by atoms with Gasteiger partial charge in [0.25, 0.3) is 11.9 Å². The predicted molar refractivity (Wildman–Crippen MR) is 157 cm³/mol. The van der Waals surface area contributed by atoms with Gasteiger partial charge < -0.3 is 33.4 Å². The molecular formula is C29H38ClN5O7. The molecule has 1 aromatic heterocycles. The number of hydrogen-bond donors (Lipinski definition) is 3. The Hall–Kier alpha value is -3.45. The summed E-state index contributed by atoms with van der Waals surface area (Å²) in [4.78, 5) is 20.0. The molecule has 0 spiro atoms. The van der Waals surface area contributed by atoms with Crippen LogP contribution in [0.15, 0.2) is 45.6 Å². The van der Waals surface area contributed by atoms with E-state index in [4.69, 9.17) is 39.7 Å². The summed E-state index contributed by atoms with van der Waals surface area (Å²) in [6.45, 7) is 9.86. The van der Waals surface area contributed by atoms with Crippen LogP contribution in [0.25, 0.3) is 0 Å². The minimum atomic E-state index is -1.69. The number of methoxy groups -OCH3 is 2. The van der Waals surface area contributed by atoms with Crippen molar-refractivity contribution < 1.29 is 32.9 Å². The van der Waals surface area contributed by atoms with Gasteiger partial charge in [-0.05, 0) is 42.0 Å².